The van der Waals surface area contributed by atoms with Crippen molar-refractivity contribution in [3.63, 3.8) is 0 Å². The quantitative estimate of drug-likeness (QED) is 0.155. The molecule has 0 fully saturated rings. The van der Waals surface area contributed by atoms with Crippen LogP contribution in [0.1, 0.15) is 26.3 Å². The molecular formula is C20H11Br4N3O3. The number of amides is 1. The number of aromatic nitrogens is 1. The number of hydrogen-bond donors (Lipinski definition) is 1. The number of nitrogens with one attached hydrogen (secondary N) is 1. The van der Waals surface area contributed by atoms with E-state index in [1.165, 1.54) is 12.4 Å². The van der Waals surface area contributed by atoms with Gasteiger partial charge in [-0.1, -0.05) is 37.9 Å². The average molecular weight is 661 g/mol. The molecule has 0 saturated carbocycles. The highest BCUT2D eigenvalue weighted by molar-refractivity contribution is 9.11. The third-order valence-electron chi connectivity index (χ3n) is 3.63. The maximum atomic E-state index is 12.6. The van der Waals surface area contributed by atoms with E-state index >= 15 is 0 Å². The van der Waals surface area contributed by atoms with Crippen LogP contribution < -0.4 is 10.2 Å². The predicted molar refractivity (Wildman–Crippen MR) is 128 cm³/mol. The fraction of sp³-hybridized carbons (Fsp3) is 0. The Balaban J connectivity index is 1.81. The van der Waals surface area contributed by atoms with E-state index in [9.17, 15) is 9.59 Å². The summed E-state index contributed by atoms with van der Waals surface area (Å²) in [5, 5.41) is 3.98. The van der Waals surface area contributed by atoms with E-state index in [1.54, 1.807) is 42.6 Å². The lowest BCUT2D eigenvalue weighted by Gasteiger charge is -2.11. The molecule has 1 heterocycles. The summed E-state index contributed by atoms with van der Waals surface area (Å²) in [6.07, 6.45) is 4.39. The van der Waals surface area contributed by atoms with Gasteiger partial charge in [0, 0.05) is 31.4 Å². The lowest BCUT2D eigenvalue weighted by molar-refractivity contribution is 0.0732. The molecule has 0 atom stereocenters. The van der Waals surface area contributed by atoms with Gasteiger partial charge in [-0.15, -0.1) is 0 Å². The number of carbonyl (C=O) groups excluding carboxylic acids is 2. The number of carbonyl (C=O) groups is 2. The molecule has 0 aliphatic carbocycles. The molecule has 0 aliphatic rings. The van der Waals surface area contributed by atoms with Crippen LogP contribution in [0.5, 0.6) is 5.75 Å². The second kappa shape index (κ2) is 10.4. The van der Waals surface area contributed by atoms with E-state index in [-0.39, 0.29) is 5.75 Å². The Kier molecular flexibility index (Phi) is 7.93. The monoisotopic (exact) mass is 657 g/mol. The second-order valence-corrected chi connectivity index (χ2v) is 9.40. The summed E-state index contributed by atoms with van der Waals surface area (Å²) in [6.45, 7) is 0. The van der Waals surface area contributed by atoms with Crippen LogP contribution in [0.4, 0.5) is 0 Å². The Morgan fingerprint density at radius 3 is 2.43 bits per heavy atom. The van der Waals surface area contributed by atoms with Crippen LogP contribution >= 0.6 is 63.7 Å². The number of hydrazone groups is 1. The maximum Gasteiger partial charge on any atom is 0.343 e. The van der Waals surface area contributed by atoms with Gasteiger partial charge in [0.05, 0.1) is 21.8 Å². The van der Waals surface area contributed by atoms with Gasteiger partial charge in [0.15, 0.2) is 5.75 Å². The number of esters is 1. The first-order chi connectivity index (χ1) is 14.3. The minimum Gasteiger partial charge on any atom is -0.421 e. The van der Waals surface area contributed by atoms with Gasteiger partial charge in [0.2, 0.25) is 0 Å². The van der Waals surface area contributed by atoms with Crippen molar-refractivity contribution in [3.05, 3.63) is 89.4 Å². The molecule has 0 saturated heterocycles. The molecule has 6 nitrogen and oxygen atoms in total. The average Bonchev–Trinajstić information content (AvgIpc) is 2.70. The van der Waals surface area contributed by atoms with Crippen molar-refractivity contribution in [2.75, 3.05) is 0 Å². The highest BCUT2D eigenvalue weighted by Crippen LogP contribution is 2.33. The fourth-order valence-electron chi connectivity index (χ4n) is 2.31. The molecule has 1 amide bonds. The summed E-state index contributed by atoms with van der Waals surface area (Å²) < 4.78 is 8.30. The second-order valence-electron chi connectivity index (χ2n) is 5.80. The first-order valence-electron chi connectivity index (χ1n) is 8.24. The Labute approximate surface area is 205 Å². The minimum atomic E-state index is -0.529. The summed E-state index contributed by atoms with van der Waals surface area (Å²) in [4.78, 5) is 28.7. The molecule has 3 aromatic rings. The highest BCUT2D eigenvalue weighted by atomic mass is 79.9. The molecule has 10 heteroatoms. The lowest BCUT2D eigenvalue weighted by Crippen LogP contribution is -2.18. The Morgan fingerprint density at radius 1 is 0.933 bits per heavy atom. The van der Waals surface area contributed by atoms with E-state index in [4.69, 9.17) is 4.74 Å². The van der Waals surface area contributed by atoms with Crippen LogP contribution in [-0.2, 0) is 0 Å². The van der Waals surface area contributed by atoms with Crippen molar-refractivity contribution in [2.45, 2.75) is 0 Å². The standard InChI is InChI=1S/C20H11Br4N3O3/c21-14-3-1-2-11(4-14)20(29)30-18-12(5-15(22)7-17(18)24)9-26-27-19(28)13-6-16(23)10-25-8-13/h1-10H,(H,27,28). The minimum absolute atomic E-state index is 0.269. The molecule has 0 spiro atoms. The van der Waals surface area contributed by atoms with E-state index in [2.05, 4.69) is 79.2 Å². The van der Waals surface area contributed by atoms with Gasteiger partial charge in [-0.2, -0.15) is 5.10 Å². The zero-order chi connectivity index (χ0) is 21.7. The molecule has 30 heavy (non-hydrogen) atoms. The van der Waals surface area contributed by atoms with Crippen LogP contribution in [0, 0.1) is 0 Å². The van der Waals surface area contributed by atoms with Crippen LogP contribution in [0.2, 0.25) is 0 Å². The number of pyridine rings is 1. The molecule has 3 rings (SSSR count). The van der Waals surface area contributed by atoms with Crippen LogP contribution in [-0.4, -0.2) is 23.1 Å². The van der Waals surface area contributed by atoms with Crippen molar-refractivity contribution < 1.29 is 14.3 Å². The lowest BCUT2D eigenvalue weighted by atomic mass is 10.2. The first-order valence-corrected chi connectivity index (χ1v) is 11.4. The fourth-order valence-corrected chi connectivity index (χ4v) is 4.42. The van der Waals surface area contributed by atoms with Gasteiger partial charge in [0.1, 0.15) is 0 Å². The van der Waals surface area contributed by atoms with Crippen LogP contribution in [0.3, 0.4) is 0 Å². The number of hydrogen-bond acceptors (Lipinski definition) is 5. The largest absolute Gasteiger partial charge is 0.421 e. The maximum absolute atomic E-state index is 12.6. The molecule has 152 valence electrons. The topological polar surface area (TPSA) is 80.6 Å². The molecule has 0 unspecified atom stereocenters. The van der Waals surface area contributed by atoms with Gasteiger partial charge >= 0.3 is 5.97 Å². The molecule has 2 aromatic carbocycles. The van der Waals surface area contributed by atoms with Crippen molar-refractivity contribution in [1.82, 2.24) is 10.4 Å². The molecular weight excluding hydrogens is 650 g/mol. The summed E-state index contributed by atoms with van der Waals surface area (Å²) in [5.41, 5.74) is 3.64. The smallest absolute Gasteiger partial charge is 0.343 e. The van der Waals surface area contributed by atoms with Crippen LogP contribution in [0.25, 0.3) is 0 Å². The van der Waals surface area contributed by atoms with Crippen LogP contribution in [0.15, 0.2) is 77.9 Å². The zero-order valence-corrected chi connectivity index (χ0v) is 21.2. The number of halogens is 4. The molecule has 0 radical (unpaired) electrons. The number of rotatable bonds is 5. The third kappa shape index (κ3) is 6.07. The van der Waals surface area contributed by atoms with E-state index < -0.39 is 11.9 Å². The number of nitrogens with zero attached hydrogens (tertiary/aromatic N) is 2. The number of benzene rings is 2. The Hall–Kier alpha value is -1.88. The SMILES string of the molecule is O=C(NN=Cc1cc(Br)cc(Br)c1OC(=O)c1cccc(Br)c1)c1cncc(Br)c1. The summed E-state index contributed by atoms with van der Waals surface area (Å²) in [5.74, 6) is -0.690. The predicted octanol–water partition coefficient (Wildman–Crippen LogP) is 6.11. The van der Waals surface area contributed by atoms with Gasteiger partial charge in [-0.05, 0) is 68.3 Å². The molecule has 1 aromatic heterocycles. The summed E-state index contributed by atoms with van der Waals surface area (Å²) >= 11 is 13.4. The van der Waals surface area contributed by atoms with E-state index in [0.29, 0.717) is 25.6 Å². The molecule has 0 bridgehead atoms. The number of ether oxygens (including phenoxy) is 1. The Bertz CT molecular complexity index is 1150. The normalized spacial score (nSPS) is 10.8. The summed E-state index contributed by atoms with van der Waals surface area (Å²) in [6, 6.07) is 11.9. The van der Waals surface area contributed by atoms with Gasteiger partial charge < -0.3 is 4.74 Å². The van der Waals surface area contributed by atoms with Gasteiger partial charge in [-0.25, -0.2) is 10.2 Å². The van der Waals surface area contributed by atoms with Crippen molar-refractivity contribution in [2.24, 2.45) is 5.10 Å². The zero-order valence-electron chi connectivity index (χ0n) is 14.9. The summed E-state index contributed by atoms with van der Waals surface area (Å²) in [7, 11) is 0. The van der Waals surface area contributed by atoms with Crippen molar-refractivity contribution >= 4 is 81.8 Å². The van der Waals surface area contributed by atoms with Gasteiger partial charge in [-0.3, -0.25) is 9.78 Å². The Morgan fingerprint density at radius 2 is 1.70 bits per heavy atom. The first kappa shape index (κ1) is 22.8. The highest BCUT2D eigenvalue weighted by Gasteiger charge is 2.16. The van der Waals surface area contributed by atoms with Gasteiger partial charge in [0.25, 0.3) is 5.91 Å². The van der Waals surface area contributed by atoms with E-state index in [0.717, 1.165) is 8.95 Å². The van der Waals surface area contributed by atoms with Crippen molar-refractivity contribution in [1.29, 1.82) is 0 Å². The van der Waals surface area contributed by atoms with E-state index in [1.807, 2.05) is 6.07 Å². The third-order valence-corrected chi connectivity index (χ3v) is 5.60. The molecule has 0 aliphatic heterocycles. The van der Waals surface area contributed by atoms with Crippen molar-refractivity contribution in [3.8, 4) is 5.75 Å². The molecule has 1 N–H and O–H groups in total.